The highest BCUT2D eigenvalue weighted by atomic mass is 32.2. The van der Waals surface area contributed by atoms with Gasteiger partial charge in [-0.1, -0.05) is 0 Å². The molecule has 1 aromatic heterocycles. The predicted octanol–water partition coefficient (Wildman–Crippen LogP) is 0.204. The number of rotatable bonds is 7. The van der Waals surface area contributed by atoms with Gasteiger partial charge in [-0.05, 0) is 13.0 Å². The van der Waals surface area contributed by atoms with E-state index in [2.05, 4.69) is 4.98 Å². The molecule has 1 aromatic rings. The Morgan fingerprint density at radius 2 is 2.22 bits per heavy atom. The van der Waals surface area contributed by atoms with Crippen LogP contribution >= 0.6 is 11.8 Å². The average molecular weight is 403 g/mol. The van der Waals surface area contributed by atoms with E-state index in [1.165, 1.54) is 6.92 Å². The smallest absolute Gasteiger partial charge is 0.352 e. The molecular weight excluding hydrogens is 388 g/mol. The Kier molecular flexibility index (Phi) is 4.62. The van der Waals surface area contributed by atoms with Gasteiger partial charge in [0.1, 0.15) is 11.6 Å². The van der Waals surface area contributed by atoms with Crippen molar-refractivity contribution in [2.24, 2.45) is 0 Å². The summed E-state index contributed by atoms with van der Waals surface area (Å²) in [6.45, 7) is 0.698. The number of fused-ring (bicyclic) bond motifs is 1. The Bertz CT molecular complexity index is 906. The van der Waals surface area contributed by atoms with Crippen LogP contribution in [-0.4, -0.2) is 56.4 Å². The molecule has 1 fully saturated rings. The topological polar surface area (TPSA) is 134 Å². The molecule has 3 rings (SSSR count). The van der Waals surface area contributed by atoms with Crippen LogP contribution in [0.3, 0.4) is 0 Å². The van der Waals surface area contributed by atoms with Gasteiger partial charge in [0.25, 0.3) is 11.4 Å². The maximum absolute atomic E-state index is 15.0. The number of hydrogen-bond acceptors (Lipinski definition) is 9. The van der Waals surface area contributed by atoms with E-state index in [-0.39, 0.29) is 23.1 Å². The summed E-state index contributed by atoms with van der Waals surface area (Å²) in [5.74, 6) is -2.65. The number of ketones is 1. The van der Waals surface area contributed by atoms with Gasteiger partial charge in [-0.25, -0.2) is 13.6 Å². The minimum Gasteiger partial charge on any atom is -0.506 e. The van der Waals surface area contributed by atoms with E-state index in [1.807, 2.05) is 0 Å². The normalized spacial score (nSPS) is 28.5. The Morgan fingerprint density at radius 1 is 1.52 bits per heavy atom. The highest BCUT2D eigenvalue weighted by molar-refractivity contribution is 8.00. The Morgan fingerprint density at radius 3 is 2.85 bits per heavy atom. The summed E-state index contributed by atoms with van der Waals surface area (Å²) in [6, 6.07) is 1.15. The molecular formula is C15H15F2N3O6S. The highest BCUT2D eigenvalue weighted by Gasteiger charge is 2.92. The lowest BCUT2D eigenvalue weighted by Crippen LogP contribution is -2.37. The van der Waals surface area contributed by atoms with Crippen LogP contribution in [0, 0.1) is 0 Å². The number of nitrogens with two attached hydrogens (primary N) is 1. The van der Waals surface area contributed by atoms with Crippen molar-refractivity contribution in [1.29, 1.82) is 0 Å². The summed E-state index contributed by atoms with van der Waals surface area (Å²) in [5, 5.41) is 10.0. The van der Waals surface area contributed by atoms with Crippen molar-refractivity contribution < 1.29 is 33.0 Å². The Labute approximate surface area is 155 Å². The average Bonchev–Trinajstić information content (AvgIpc) is 2.95. The largest absolute Gasteiger partial charge is 0.506 e. The summed E-state index contributed by atoms with van der Waals surface area (Å²) < 4.78 is 39.7. The van der Waals surface area contributed by atoms with Crippen LogP contribution < -0.4 is 11.4 Å². The molecule has 2 unspecified atom stereocenters. The summed E-state index contributed by atoms with van der Waals surface area (Å²) >= 11 is 1.02. The highest BCUT2D eigenvalue weighted by Crippen LogP contribution is 2.68. The number of aliphatic hydroxyl groups excluding tert-OH is 1. The number of nitrogen functional groups attached to an aromatic ring is 1. The van der Waals surface area contributed by atoms with Gasteiger partial charge in [0.05, 0.1) is 11.5 Å². The number of halogens is 2. The number of anilines is 1. The maximum atomic E-state index is 15.0. The lowest BCUT2D eigenvalue weighted by molar-refractivity contribution is -0.141. The summed E-state index contributed by atoms with van der Waals surface area (Å²) in [7, 11) is 0. The fourth-order valence-electron chi connectivity index (χ4n) is 2.79. The van der Waals surface area contributed by atoms with Crippen LogP contribution in [0.2, 0.25) is 0 Å². The minimum atomic E-state index is -3.00. The molecule has 1 aliphatic carbocycles. The van der Waals surface area contributed by atoms with Gasteiger partial charge in [0, 0.05) is 6.20 Å². The Balaban J connectivity index is 1.72. The SMILES string of the molecule is CC(=O)CSCC(=O)OCC1=C(O)[C@]2(F)C(F)C2(n2ccc(N)nc2=O)O1. The van der Waals surface area contributed by atoms with Crippen molar-refractivity contribution in [2.45, 2.75) is 24.5 Å². The standard InChI is InChI=1S/C15H15F2N3O6S/c1-7(21)5-27-6-10(22)25-4-8-11(23)14(17)12(16)15(14,26-8)20-3-2-9(18)19-13(20)24/h2-3,12,23H,4-6H2,1H3,(H2,18,19,24)/t12?,14-,15?/m0/s1. The molecule has 0 aromatic carbocycles. The second-order valence-electron chi connectivity index (χ2n) is 6.01. The molecule has 27 heavy (non-hydrogen) atoms. The van der Waals surface area contributed by atoms with Crippen molar-refractivity contribution in [1.82, 2.24) is 9.55 Å². The monoisotopic (exact) mass is 403 g/mol. The van der Waals surface area contributed by atoms with Crippen LogP contribution in [0.25, 0.3) is 0 Å². The van der Waals surface area contributed by atoms with E-state index >= 15 is 0 Å². The first-order valence-electron chi connectivity index (χ1n) is 7.67. The molecule has 12 heteroatoms. The van der Waals surface area contributed by atoms with Crippen LogP contribution in [0.1, 0.15) is 6.92 Å². The zero-order chi connectivity index (χ0) is 20.0. The first kappa shape index (κ1) is 19.1. The van der Waals surface area contributed by atoms with Gasteiger partial charge in [-0.15, -0.1) is 11.8 Å². The number of carbonyl (C=O) groups excluding carboxylic acids is 2. The maximum Gasteiger partial charge on any atom is 0.352 e. The lowest BCUT2D eigenvalue weighted by atomic mass is 10.2. The second kappa shape index (κ2) is 6.51. The molecule has 2 aliphatic rings. The molecule has 0 amide bonds. The molecule has 1 saturated carbocycles. The van der Waals surface area contributed by atoms with Crippen LogP contribution in [0.5, 0.6) is 0 Å². The van der Waals surface area contributed by atoms with E-state index in [0.29, 0.717) is 4.57 Å². The summed E-state index contributed by atoms with van der Waals surface area (Å²) in [4.78, 5) is 37.7. The molecule has 0 bridgehead atoms. The van der Waals surface area contributed by atoms with Crippen LogP contribution in [-0.2, 0) is 24.8 Å². The second-order valence-corrected chi connectivity index (χ2v) is 6.99. The van der Waals surface area contributed by atoms with Gasteiger partial charge in [-0.3, -0.25) is 14.2 Å². The number of thioether (sulfide) groups is 1. The summed E-state index contributed by atoms with van der Waals surface area (Å²) in [6.07, 6.45) is -1.36. The first-order valence-corrected chi connectivity index (χ1v) is 8.83. The third-order valence-corrected chi connectivity index (χ3v) is 5.14. The zero-order valence-electron chi connectivity index (χ0n) is 14.0. The third kappa shape index (κ3) is 2.83. The molecule has 1 aliphatic heterocycles. The number of esters is 1. The number of aliphatic hydroxyl groups is 1. The van der Waals surface area contributed by atoms with Gasteiger partial charge < -0.3 is 20.3 Å². The van der Waals surface area contributed by atoms with Crippen LogP contribution in [0.15, 0.2) is 28.6 Å². The fraction of sp³-hybridized carbons (Fsp3) is 0.467. The number of Topliss-reactive ketones (excluding diaryl/α,β-unsaturated/α-hetero) is 1. The van der Waals surface area contributed by atoms with E-state index in [1.54, 1.807) is 0 Å². The lowest BCUT2D eigenvalue weighted by Gasteiger charge is -2.18. The number of carbonyl (C=O) groups is 2. The molecule has 0 spiro atoms. The molecule has 0 saturated heterocycles. The van der Waals surface area contributed by atoms with Crippen molar-refractivity contribution in [3.8, 4) is 0 Å². The van der Waals surface area contributed by atoms with E-state index < -0.39 is 47.3 Å². The molecule has 3 N–H and O–H groups in total. The molecule has 146 valence electrons. The van der Waals surface area contributed by atoms with Crippen molar-refractivity contribution in [3.63, 3.8) is 0 Å². The quantitative estimate of drug-likeness (QED) is 0.613. The fourth-order valence-corrected chi connectivity index (χ4v) is 3.43. The number of nitrogens with zero attached hydrogens (tertiary/aromatic N) is 2. The number of hydrogen-bond donors (Lipinski definition) is 2. The van der Waals surface area contributed by atoms with Crippen molar-refractivity contribution in [2.75, 3.05) is 23.8 Å². The molecule has 3 atom stereocenters. The van der Waals surface area contributed by atoms with Gasteiger partial charge in [0.15, 0.2) is 18.1 Å². The number of ether oxygens (including phenoxy) is 2. The minimum absolute atomic E-state index is 0.118. The van der Waals surface area contributed by atoms with E-state index in [4.69, 9.17) is 15.2 Å². The van der Waals surface area contributed by atoms with Crippen molar-refractivity contribution >= 4 is 29.3 Å². The van der Waals surface area contributed by atoms with Gasteiger partial charge in [-0.2, -0.15) is 4.98 Å². The summed E-state index contributed by atoms with van der Waals surface area (Å²) in [5.41, 5.74) is -1.17. The zero-order valence-corrected chi connectivity index (χ0v) is 14.8. The van der Waals surface area contributed by atoms with E-state index in [9.17, 15) is 28.3 Å². The molecule has 0 radical (unpaired) electrons. The van der Waals surface area contributed by atoms with Crippen molar-refractivity contribution in [3.05, 3.63) is 34.3 Å². The first-order chi connectivity index (χ1) is 12.6. The predicted molar refractivity (Wildman–Crippen MR) is 89.3 cm³/mol. The van der Waals surface area contributed by atoms with Crippen LogP contribution in [0.4, 0.5) is 14.6 Å². The Hall–Kier alpha value is -2.63. The molecule has 9 nitrogen and oxygen atoms in total. The number of alkyl halides is 2. The van der Waals surface area contributed by atoms with Gasteiger partial charge in [0.2, 0.25) is 6.17 Å². The number of aromatic nitrogens is 2. The third-order valence-electron chi connectivity index (χ3n) is 4.09. The molecule has 2 heterocycles. The van der Waals surface area contributed by atoms with Gasteiger partial charge >= 0.3 is 11.7 Å². The van der Waals surface area contributed by atoms with E-state index in [0.717, 1.165) is 24.0 Å².